The zero-order valence-corrected chi connectivity index (χ0v) is 13.9. The van der Waals surface area contributed by atoms with E-state index in [-0.39, 0.29) is 5.56 Å². The number of carbonyl (C=O) groups is 2. The highest BCUT2D eigenvalue weighted by Crippen LogP contribution is 2.23. The van der Waals surface area contributed by atoms with Crippen LogP contribution >= 0.6 is 11.6 Å². The molecule has 2 aromatic carbocycles. The van der Waals surface area contributed by atoms with Crippen molar-refractivity contribution >= 4 is 29.0 Å². The number of para-hydroxylation sites is 1. The molecular formula is C18H15ClN2O3. The van der Waals surface area contributed by atoms with Crippen LogP contribution in [-0.4, -0.2) is 18.8 Å². The Hall–Kier alpha value is -2.84. The van der Waals surface area contributed by atoms with E-state index in [4.69, 9.17) is 16.3 Å². The molecule has 0 unspecified atom stereocenters. The Morgan fingerprint density at radius 3 is 2.58 bits per heavy atom. The number of ether oxygens (including phenoxy) is 1. The zero-order valence-electron chi connectivity index (χ0n) is 13.2. The first-order valence-corrected chi connectivity index (χ1v) is 7.49. The van der Waals surface area contributed by atoms with Crippen LogP contribution < -0.4 is 10.1 Å². The number of benzene rings is 2. The van der Waals surface area contributed by atoms with Gasteiger partial charge in [0, 0.05) is 5.56 Å². The van der Waals surface area contributed by atoms with Gasteiger partial charge in [0.25, 0.3) is 0 Å². The monoisotopic (exact) mass is 342 g/mol. The van der Waals surface area contributed by atoms with Crippen LogP contribution in [0.3, 0.4) is 0 Å². The molecule has 2 aromatic rings. The van der Waals surface area contributed by atoms with Crippen molar-refractivity contribution in [1.29, 1.82) is 5.26 Å². The van der Waals surface area contributed by atoms with Crippen LogP contribution in [0.15, 0.2) is 42.5 Å². The Balaban J connectivity index is 2.24. The van der Waals surface area contributed by atoms with Crippen LogP contribution in [0.1, 0.15) is 15.9 Å². The number of halogens is 1. The van der Waals surface area contributed by atoms with Crippen LogP contribution in [0.4, 0.5) is 5.69 Å². The second-order valence-electron chi connectivity index (χ2n) is 5.08. The number of amides is 1. The summed E-state index contributed by atoms with van der Waals surface area (Å²) in [5.74, 6) is -2.28. The quantitative estimate of drug-likeness (QED) is 0.664. The van der Waals surface area contributed by atoms with E-state index in [1.165, 1.54) is 13.2 Å². The Kier molecular flexibility index (Phi) is 5.56. The lowest BCUT2D eigenvalue weighted by molar-refractivity contribution is -0.117. The van der Waals surface area contributed by atoms with Gasteiger partial charge in [-0.3, -0.25) is 9.59 Å². The molecule has 2 rings (SSSR count). The minimum absolute atomic E-state index is 0.235. The lowest BCUT2D eigenvalue weighted by Gasteiger charge is -2.12. The zero-order chi connectivity index (χ0) is 17.7. The normalized spacial score (nSPS) is 11.2. The number of hydrogen-bond acceptors (Lipinski definition) is 4. The molecule has 24 heavy (non-hydrogen) atoms. The number of Topliss-reactive ketones (excluding diaryl/α,β-unsaturated/α-hetero) is 1. The highest BCUT2D eigenvalue weighted by Gasteiger charge is 2.28. The van der Waals surface area contributed by atoms with Crippen molar-refractivity contribution < 1.29 is 14.3 Å². The highest BCUT2D eigenvalue weighted by molar-refractivity contribution is 6.34. The van der Waals surface area contributed by atoms with Crippen molar-refractivity contribution in [2.24, 2.45) is 5.92 Å². The first kappa shape index (κ1) is 17.5. The lowest BCUT2D eigenvalue weighted by Crippen LogP contribution is -2.28. The highest BCUT2D eigenvalue weighted by atomic mass is 35.5. The molecule has 0 aliphatic carbocycles. The van der Waals surface area contributed by atoms with Crippen LogP contribution in [0.25, 0.3) is 0 Å². The van der Waals surface area contributed by atoms with Gasteiger partial charge in [-0.05, 0) is 30.7 Å². The largest absolute Gasteiger partial charge is 0.496 e. The number of hydrogen-bond donors (Lipinski definition) is 1. The predicted molar refractivity (Wildman–Crippen MR) is 91.2 cm³/mol. The third kappa shape index (κ3) is 3.73. The third-order valence-electron chi connectivity index (χ3n) is 3.48. The number of nitriles is 1. The summed E-state index contributed by atoms with van der Waals surface area (Å²) in [5, 5.41) is 12.1. The molecule has 0 saturated heterocycles. The first-order valence-electron chi connectivity index (χ1n) is 7.11. The van der Waals surface area contributed by atoms with E-state index < -0.39 is 17.6 Å². The Morgan fingerprint density at radius 2 is 1.96 bits per heavy atom. The van der Waals surface area contributed by atoms with E-state index in [1.54, 1.807) is 42.5 Å². The van der Waals surface area contributed by atoms with Gasteiger partial charge in [-0.15, -0.1) is 0 Å². The number of aryl methyl sites for hydroxylation is 1. The van der Waals surface area contributed by atoms with Gasteiger partial charge >= 0.3 is 0 Å². The maximum absolute atomic E-state index is 12.5. The van der Waals surface area contributed by atoms with Gasteiger partial charge in [-0.25, -0.2) is 0 Å². The molecule has 0 aromatic heterocycles. The molecule has 0 fully saturated rings. The molecule has 0 aliphatic rings. The van der Waals surface area contributed by atoms with Crippen molar-refractivity contribution in [2.75, 3.05) is 12.4 Å². The van der Waals surface area contributed by atoms with Gasteiger partial charge in [0.1, 0.15) is 5.75 Å². The molecule has 122 valence electrons. The van der Waals surface area contributed by atoms with Crippen molar-refractivity contribution in [3.8, 4) is 11.8 Å². The Bertz CT molecular complexity index is 827. The molecule has 0 heterocycles. The molecule has 5 nitrogen and oxygen atoms in total. The summed E-state index contributed by atoms with van der Waals surface area (Å²) >= 11 is 5.97. The number of nitrogens with zero attached hydrogens (tertiary/aromatic N) is 1. The fourth-order valence-electron chi connectivity index (χ4n) is 2.14. The SMILES string of the molecule is COc1cc(C(=O)[C@H](C#N)C(=O)Nc2ccccc2Cl)ccc1C. The van der Waals surface area contributed by atoms with Gasteiger partial charge in [-0.1, -0.05) is 35.9 Å². The van der Waals surface area contributed by atoms with E-state index in [0.717, 1.165) is 5.56 Å². The minimum atomic E-state index is -1.48. The van der Waals surface area contributed by atoms with Gasteiger partial charge in [-0.2, -0.15) is 5.26 Å². The Labute approximate surface area is 144 Å². The standard InChI is InChI=1S/C18H15ClN2O3/c1-11-7-8-12(9-16(11)24-2)17(22)13(10-20)18(23)21-15-6-4-3-5-14(15)19/h3-9,13H,1-2H3,(H,21,23)/t13-/m0/s1. The maximum Gasteiger partial charge on any atom is 0.249 e. The Morgan fingerprint density at radius 1 is 1.25 bits per heavy atom. The number of anilines is 1. The summed E-state index contributed by atoms with van der Waals surface area (Å²) in [6, 6.07) is 13.1. The van der Waals surface area contributed by atoms with Gasteiger partial charge in [0.2, 0.25) is 5.91 Å². The lowest BCUT2D eigenvalue weighted by atomic mass is 9.97. The molecule has 6 heteroatoms. The van der Waals surface area contributed by atoms with E-state index in [0.29, 0.717) is 16.5 Å². The first-order chi connectivity index (χ1) is 11.5. The molecule has 0 radical (unpaired) electrons. The van der Waals surface area contributed by atoms with Gasteiger partial charge in [0.05, 0.1) is 23.9 Å². The van der Waals surface area contributed by atoms with E-state index in [2.05, 4.69) is 5.32 Å². The molecule has 0 spiro atoms. The predicted octanol–water partition coefficient (Wildman–Crippen LogP) is 3.62. The van der Waals surface area contributed by atoms with Crippen molar-refractivity contribution in [1.82, 2.24) is 0 Å². The minimum Gasteiger partial charge on any atom is -0.496 e. The summed E-state index contributed by atoms with van der Waals surface area (Å²) in [6.07, 6.45) is 0. The van der Waals surface area contributed by atoms with Crippen molar-refractivity contribution in [3.05, 3.63) is 58.6 Å². The number of ketones is 1. The second-order valence-corrected chi connectivity index (χ2v) is 5.49. The smallest absolute Gasteiger partial charge is 0.249 e. The van der Waals surface area contributed by atoms with Crippen LogP contribution in [-0.2, 0) is 4.79 Å². The summed E-state index contributed by atoms with van der Waals surface area (Å²) in [6.45, 7) is 1.83. The molecular weight excluding hydrogens is 328 g/mol. The molecule has 0 aliphatic heterocycles. The van der Waals surface area contributed by atoms with Crippen LogP contribution in [0.2, 0.25) is 5.02 Å². The third-order valence-corrected chi connectivity index (χ3v) is 3.81. The van der Waals surface area contributed by atoms with Crippen molar-refractivity contribution in [3.63, 3.8) is 0 Å². The maximum atomic E-state index is 12.5. The average Bonchev–Trinajstić information content (AvgIpc) is 2.58. The van der Waals surface area contributed by atoms with E-state index in [1.807, 2.05) is 6.92 Å². The molecule has 1 atom stereocenters. The summed E-state index contributed by atoms with van der Waals surface area (Å²) in [7, 11) is 1.49. The summed E-state index contributed by atoms with van der Waals surface area (Å²) in [4.78, 5) is 24.8. The topological polar surface area (TPSA) is 79.2 Å². The molecule has 0 bridgehead atoms. The van der Waals surface area contributed by atoms with Gasteiger partial charge in [0.15, 0.2) is 11.7 Å². The fourth-order valence-corrected chi connectivity index (χ4v) is 2.33. The number of nitrogens with one attached hydrogen (secondary N) is 1. The van der Waals surface area contributed by atoms with Gasteiger partial charge < -0.3 is 10.1 Å². The second kappa shape index (κ2) is 7.62. The fraction of sp³-hybridized carbons (Fsp3) is 0.167. The van der Waals surface area contributed by atoms with E-state index in [9.17, 15) is 14.9 Å². The average molecular weight is 343 g/mol. The van der Waals surface area contributed by atoms with E-state index >= 15 is 0 Å². The number of methoxy groups -OCH3 is 1. The molecule has 0 saturated carbocycles. The summed E-state index contributed by atoms with van der Waals surface area (Å²) < 4.78 is 5.17. The molecule has 1 amide bonds. The summed E-state index contributed by atoms with van der Waals surface area (Å²) in [5.41, 5.74) is 1.43. The van der Waals surface area contributed by atoms with Crippen LogP contribution in [0, 0.1) is 24.2 Å². The van der Waals surface area contributed by atoms with Crippen molar-refractivity contribution in [2.45, 2.75) is 6.92 Å². The van der Waals surface area contributed by atoms with Crippen LogP contribution in [0.5, 0.6) is 5.75 Å². The number of carbonyl (C=O) groups excluding carboxylic acids is 2. The number of rotatable bonds is 5. The molecule has 1 N–H and O–H groups in total.